The summed E-state index contributed by atoms with van der Waals surface area (Å²) in [6.45, 7) is 6.12. The Morgan fingerprint density at radius 2 is 1.95 bits per heavy atom. The van der Waals surface area contributed by atoms with Crippen LogP contribution >= 0.6 is 27.3 Å². The Morgan fingerprint density at radius 1 is 1.15 bits per heavy atom. The van der Waals surface area contributed by atoms with Crippen molar-refractivity contribution in [1.82, 2.24) is 10.2 Å². The Bertz CT molecular complexity index is 539. The lowest BCUT2D eigenvalue weighted by atomic mass is 10.2. The lowest BCUT2D eigenvalue weighted by molar-refractivity contribution is 0.322. The van der Waals surface area contributed by atoms with E-state index >= 15 is 0 Å². The van der Waals surface area contributed by atoms with Crippen LogP contribution < -0.4 is 5.32 Å². The van der Waals surface area contributed by atoms with Crippen molar-refractivity contribution in [1.29, 1.82) is 0 Å². The number of benzene rings is 1. The molecule has 2 nitrogen and oxygen atoms in total. The van der Waals surface area contributed by atoms with Crippen molar-refractivity contribution in [2.75, 3.05) is 13.6 Å². The molecule has 0 aliphatic rings. The highest BCUT2D eigenvalue weighted by Crippen LogP contribution is 2.19. The Hall–Kier alpha value is -0.680. The van der Waals surface area contributed by atoms with E-state index in [4.69, 9.17) is 0 Å². The smallest absolute Gasteiger partial charge is 0.0328 e. The molecule has 0 bridgehead atoms. The lowest BCUT2D eigenvalue weighted by Crippen LogP contribution is -2.16. The molecule has 1 heterocycles. The van der Waals surface area contributed by atoms with Crippen LogP contribution in [0, 0.1) is 0 Å². The van der Waals surface area contributed by atoms with Gasteiger partial charge in [0.15, 0.2) is 0 Å². The largest absolute Gasteiger partial charge is 0.312 e. The molecule has 0 spiro atoms. The van der Waals surface area contributed by atoms with Gasteiger partial charge in [-0.25, -0.2) is 0 Å². The van der Waals surface area contributed by atoms with Gasteiger partial charge in [0, 0.05) is 33.9 Å². The third kappa shape index (κ3) is 5.02. The van der Waals surface area contributed by atoms with Gasteiger partial charge >= 0.3 is 0 Å². The Kier molecular flexibility index (Phi) is 6.23. The SMILES string of the molecule is CCNCc1ccc(CN(C)Cc2cccc(Br)c2)s1. The van der Waals surface area contributed by atoms with Crippen LogP contribution in [0.3, 0.4) is 0 Å². The van der Waals surface area contributed by atoms with E-state index in [2.05, 4.69) is 76.5 Å². The van der Waals surface area contributed by atoms with Crippen LogP contribution in [0.5, 0.6) is 0 Å². The van der Waals surface area contributed by atoms with E-state index in [-0.39, 0.29) is 0 Å². The average molecular weight is 353 g/mol. The van der Waals surface area contributed by atoms with Crippen molar-refractivity contribution < 1.29 is 0 Å². The summed E-state index contributed by atoms with van der Waals surface area (Å²) in [7, 11) is 2.17. The minimum absolute atomic E-state index is 0.972. The molecule has 0 saturated heterocycles. The monoisotopic (exact) mass is 352 g/mol. The fourth-order valence-electron chi connectivity index (χ4n) is 2.12. The van der Waals surface area contributed by atoms with Crippen molar-refractivity contribution in [2.45, 2.75) is 26.6 Å². The van der Waals surface area contributed by atoms with Crippen LogP contribution in [0.25, 0.3) is 0 Å². The van der Waals surface area contributed by atoms with Gasteiger partial charge in [-0.1, -0.05) is 35.0 Å². The molecule has 0 saturated carbocycles. The highest BCUT2D eigenvalue weighted by atomic mass is 79.9. The van der Waals surface area contributed by atoms with Gasteiger partial charge < -0.3 is 5.32 Å². The summed E-state index contributed by atoms with van der Waals surface area (Å²) in [5, 5.41) is 3.37. The van der Waals surface area contributed by atoms with E-state index in [0.29, 0.717) is 0 Å². The summed E-state index contributed by atoms with van der Waals surface area (Å²) >= 11 is 5.42. The van der Waals surface area contributed by atoms with Gasteiger partial charge in [0.1, 0.15) is 0 Å². The minimum Gasteiger partial charge on any atom is -0.312 e. The summed E-state index contributed by atoms with van der Waals surface area (Å²) in [6, 6.07) is 13.0. The number of halogens is 1. The van der Waals surface area contributed by atoms with E-state index in [1.54, 1.807) is 0 Å². The number of hydrogen-bond acceptors (Lipinski definition) is 3. The van der Waals surface area contributed by atoms with Gasteiger partial charge in [-0.05, 0) is 43.4 Å². The van der Waals surface area contributed by atoms with E-state index in [0.717, 1.165) is 30.7 Å². The van der Waals surface area contributed by atoms with Crippen LogP contribution in [-0.2, 0) is 19.6 Å². The van der Waals surface area contributed by atoms with Crippen molar-refractivity contribution >= 4 is 27.3 Å². The fraction of sp³-hybridized carbons (Fsp3) is 0.375. The van der Waals surface area contributed by atoms with Crippen LogP contribution in [-0.4, -0.2) is 18.5 Å². The predicted octanol–water partition coefficient (Wildman–Crippen LogP) is 4.25. The molecule has 0 aliphatic heterocycles. The standard InChI is InChI=1S/C16H21BrN2S/c1-3-18-10-15-7-8-16(20-15)12-19(2)11-13-5-4-6-14(17)9-13/h4-9,18H,3,10-12H2,1-2H3. The molecule has 2 rings (SSSR count). The Morgan fingerprint density at radius 3 is 2.70 bits per heavy atom. The highest BCUT2D eigenvalue weighted by Gasteiger charge is 2.05. The first-order valence-electron chi connectivity index (χ1n) is 6.88. The Labute approximate surface area is 133 Å². The first-order chi connectivity index (χ1) is 9.67. The number of nitrogens with one attached hydrogen (secondary N) is 1. The number of rotatable bonds is 7. The molecule has 2 aromatic rings. The van der Waals surface area contributed by atoms with Crippen molar-refractivity contribution in [3.8, 4) is 0 Å². The molecule has 0 fully saturated rings. The molecule has 0 amide bonds. The second kappa shape index (κ2) is 7.93. The maximum absolute atomic E-state index is 3.52. The summed E-state index contributed by atoms with van der Waals surface area (Å²) in [6.07, 6.45) is 0. The third-order valence-corrected chi connectivity index (χ3v) is 4.60. The molecule has 108 valence electrons. The third-order valence-electron chi connectivity index (χ3n) is 3.03. The fourth-order valence-corrected chi connectivity index (χ4v) is 3.63. The summed E-state index contributed by atoms with van der Waals surface area (Å²) < 4.78 is 1.15. The summed E-state index contributed by atoms with van der Waals surface area (Å²) in [5.41, 5.74) is 1.34. The zero-order chi connectivity index (χ0) is 14.4. The molecular weight excluding hydrogens is 332 g/mol. The molecule has 0 unspecified atom stereocenters. The zero-order valence-electron chi connectivity index (χ0n) is 12.0. The van der Waals surface area contributed by atoms with Crippen molar-refractivity contribution in [2.24, 2.45) is 0 Å². The van der Waals surface area contributed by atoms with E-state index in [9.17, 15) is 0 Å². The van der Waals surface area contributed by atoms with Gasteiger partial charge in [0.05, 0.1) is 0 Å². The van der Waals surface area contributed by atoms with Crippen molar-refractivity contribution in [3.05, 3.63) is 56.2 Å². The summed E-state index contributed by atoms with van der Waals surface area (Å²) in [5.74, 6) is 0. The Balaban J connectivity index is 1.87. The van der Waals surface area contributed by atoms with Crippen LogP contribution in [0.1, 0.15) is 22.2 Å². The lowest BCUT2D eigenvalue weighted by Gasteiger charge is -2.15. The minimum atomic E-state index is 0.972. The second-order valence-corrected chi connectivity index (χ2v) is 7.12. The predicted molar refractivity (Wildman–Crippen MR) is 91.0 cm³/mol. The van der Waals surface area contributed by atoms with Crippen LogP contribution in [0.15, 0.2) is 40.9 Å². The maximum Gasteiger partial charge on any atom is 0.0328 e. The molecule has 1 aromatic heterocycles. The number of hydrogen-bond donors (Lipinski definition) is 1. The van der Waals surface area contributed by atoms with E-state index in [1.165, 1.54) is 15.3 Å². The molecule has 0 radical (unpaired) electrons. The quantitative estimate of drug-likeness (QED) is 0.801. The molecule has 20 heavy (non-hydrogen) atoms. The maximum atomic E-state index is 3.52. The highest BCUT2D eigenvalue weighted by molar-refractivity contribution is 9.10. The van der Waals surface area contributed by atoms with Gasteiger partial charge in [-0.2, -0.15) is 0 Å². The van der Waals surface area contributed by atoms with E-state index in [1.807, 2.05) is 11.3 Å². The average Bonchev–Trinajstić information content (AvgIpc) is 2.83. The van der Waals surface area contributed by atoms with Crippen molar-refractivity contribution in [3.63, 3.8) is 0 Å². The zero-order valence-corrected chi connectivity index (χ0v) is 14.4. The van der Waals surface area contributed by atoms with Gasteiger partial charge in [-0.15, -0.1) is 11.3 Å². The normalized spacial score (nSPS) is 11.2. The van der Waals surface area contributed by atoms with Crippen LogP contribution in [0.4, 0.5) is 0 Å². The first-order valence-corrected chi connectivity index (χ1v) is 8.49. The first kappa shape index (κ1) is 15.7. The second-order valence-electron chi connectivity index (χ2n) is 4.95. The molecule has 0 aliphatic carbocycles. The topological polar surface area (TPSA) is 15.3 Å². The molecule has 1 aromatic carbocycles. The number of nitrogens with zero attached hydrogens (tertiary/aromatic N) is 1. The molecular formula is C16H21BrN2S. The molecule has 1 N–H and O–H groups in total. The van der Waals surface area contributed by atoms with Gasteiger partial charge in [-0.3, -0.25) is 4.90 Å². The molecule has 4 heteroatoms. The van der Waals surface area contributed by atoms with Gasteiger partial charge in [0.2, 0.25) is 0 Å². The van der Waals surface area contributed by atoms with E-state index < -0.39 is 0 Å². The summed E-state index contributed by atoms with van der Waals surface area (Å²) in [4.78, 5) is 5.19. The van der Waals surface area contributed by atoms with Crippen LogP contribution in [0.2, 0.25) is 0 Å². The van der Waals surface area contributed by atoms with Gasteiger partial charge in [0.25, 0.3) is 0 Å². The molecule has 0 atom stereocenters. The number of thiophene rings is 1.